The first-order valence-corrected chi connectivity index (χ1v) is 6.26. The Balaban J connectivity index is 2.50. The van der Waals surface area contributed by atoms with Crippen molar-refractivity contribution in [2.24, 2.45) is 0 Å². The van der Waals surface area contributed by atoms with E-state index in [0.29, 0.717) is 5.56 Å². The first-order chi connectivity index (χ1) is 9.43. The molecule has 0 spiro atoms. The standard InChI is InChI=1S/C14H16N2O4/c1-8(17)7-16-12(10-4-3-5-15-6-10)11(9(2)18)13(19)14(16)20/h3-6,8,12,17,19H,7H2,1-2H3. The van der Waals surface area contributed by atoms with Gasteiger partial charge < -0.3 is 15.1 Å². The average Bonchev–Trinajstić information content (AvgIpc) is 2.64. The normalized spacial score (nSPS) is 20.4. The first kappa shape index (κ1) is 14.2. The van der Waals surface area contributed by atoms with Gasteiger partial charge in [-0.3, -0.25) is 14.6 Å². The Morgan fingerprint density at radius 2 is 2.25 bits per heavy atom. The Bertz CT molecular complexity index is 566. The quantitative estimate of drug-likeness (QED) is 0.846. The van der Waals surface area contributed by atoms with Crippen molar-refractivity contribution in [1.29, 1.82) is 0 Å². The zero-order valence-electron chi connectivity index (χ0n) is 11.3. The molecule has 1 amide bonds. The van der Waals surface area contributed by atoms with Gasteiger partial charge in [0.25, 0.3) is 5.91 Å². The van der Waals surface area contributed by atoms with Crippen molar-refractivity contribution in [2.45, 2.75) is 26.0 Å². The molecule has 6 heteroatoms. The predicted molar refractivity (Wildman–Crippen MR) is 70.7 cm³/mol. The number of amides is 1. The molecule has 6 nitrogen and oxygen atoms in total. The minimum absolute atomic E-state index is 0.0270. The van der Waals surface area contributed by atoms with Crippen LogP contribution in [0.4, 0.5) is 0 Å². The highest BCUT2D eigenvalue weighted by Gasteiger charge is 2.42. The SMILES string of the molecule is CC(=O)C1=C(O)C(=O)N(CC(C)O)C1c1cccnc1. The van der Waals surface area contributed by atoms with Crippen LogP contribution in [0.5, 0.6) is 0 Å². The van der Waals surface area contributed by atoms with Crippen LogP contribution in [0.2, 0.25) is 0 Å². The van der Waals surface area contributed by atoms with Crippen molar-refractivity contribution < 1.29 is 19.8 Å². The number of Topliss-reactive ketones (excluding diaryl/α,β-unsaturated/α-hetero) is 1. The molecule has 0 saturated carbocycles. The number of aromatic nitrogens is 1. The summed E-state index contributed by atoms with van der Waals surface area (Å²) in [6.07, 6.45) is 2.35. The Morgan fingerprint density at radius 1 is 1.55 bits per heavy atom. The highest BCUT2D eigenvalue weighted by molar-refractivity contribution is 6.08. The van der Waals surface area contributed by atoms with Crippen LogP contribution < -0.4 is 0 Å². The van der Waals surface area contributed by atoms with Gasteiger partial charge in [-0.15, -0.1) is 0 Å². The number of hydrogen-bond donors (Lipinski definition) is 2. The highest BCUT2D eigenvalue weighted by Crippen LogP contribution is 2.37. The molecule has 0 bridgehead atoms. The smallest absolute Gasteiger partial charge is 0.290 e. The minimum atomic E-state index is -0.766. The van der Waals surface area contributed by atoms with E-state index in [1.807, 2.05) is 0 Å². The number of carbonyl (C=O) groups is 2. The molecular formula is C14H16N2O4. The number of aliphatic hydroxyl groups excluding tert-OH is 2. The second-order valence-electron chi connectivity index (χ2n) is 4.81. The summed E-state index contributed by atoms with van der Waals surface area (Å²) in [6.45, 7) is 2.86. The van der Waals surface area contributed by atoms with Crippen LogP contribution in [0.15, 0.2) is 35.9 Å². The van der Waals surface area contributed by atoms with Crippen LogP contribution in [0.1, 0.15) is 25.5 Å². The van der Waals surface area contributed by atoms with Gasteiger partial charge in [-0.1, -0.05) is 6.07 Å². The molecule has 1 aromatic heterocycles. The van der Waals surface area contributed by atoms with Crippen molar-refractivity contribution in [1.82, 2.24) is 9.88 Å². The molecule has 20 heavy (non-hydrogen) atoms. The number of rotatable bonds is 4. The molecule has 0 saturated heterocycles. The highest BCUT2D eigenvalue weighted by atomic mass is 16.3. The number of ketones is 1. The van der Waals surface area contributed by atoms with Crippen molar-refractivity contribution in [3.8, 4) is 0 Å². The largest absolute Gasteiger partial charge is 0.503 e. The van der Waals surface area contributed by atoms with Crippen LogP contribution in [0.3, 0.4) is 0 Å². The fourth-order valence-corrected chi connectivity index (χ4v) is 2.37. The molecule has 2 N–H and O–H groups in total. The third-order valence-corrected chi connectivity index (χ3v) is 3.14. The van der Waals surface area contributed by atoms with Crippen LogP contribution in [-0.4, -0.2) is 44.4 Å². The maximum Gasteiger partial charge on any atom is 0.290 e. The zero-order chi connectivity index (χ0) is 14.9. The lowest BCUT2D eigenvalue weighted by Gasteiger charge is -2.27. The summed E-state index contributed by atoms with van der Waals surface area (Å²) < 4.78 is 0. The monoisotopic (exact) mass is 276 g/mol. The van der Waals surface area contributed by atoms with E-state index < -0.39 is 23.8 Å². The predicted octanol–water partition coefficient (Wildman–Crippen LogP) is 0.747. The van der Waals surface area contributed by atoms with Gasteiger partial charge in [0, 0.05) is 18.9 Å². The molecule has 1 aromatic rings. The maximum absolute atomic E-state index is 12.1. The lowest BCUT2D eigenvalue weighted by molar-refractivity contribution is -0.130. The van der Waals surface area contributed by atoms with Gasteiger partial charge in [0.2, 0.25) is 0 Å². The second kappa shape index (κ2) is 5.42. The zero-order valence-corrected chi connectivity index (χ0v) is 11.3. The summed E-state index contributed by atoms with van der Waals surface area (Å²) in [5, 5.41) is 19.4. The number of β-amino-alcohol motifs (C(OH)–C–C–N with tert-alkyl or cyclic N) is 1. The summed E-state index contributed by atoms with van der Waals surface area (Å²) in [5.41, 5.74) is 0.666. The van der Waals surface area contributed by atoms with Gasteiger partial charge in [-0.25, -0.2) is 0 Å². The number of carbonyl (C=O) groups excluding carboxylic acids is 2. The van der Waals surface area contributed by atoms with E-state index in [2.05, 4.69) is 4.98 Å². The van der Waals surface area contributed by atoms with E-state index in [1.54, 1.807) is 18.3 Å². The van der Waals surface area contributed by atoms with E-state index in [9.17, 15) is 19.8 Å². The van der Waals surface area contributed by atoms with Crippen LogP contribution >= 0.6 is 0 Å². The van der Waals surface area contributed by atoms with Crippen molar-refractivity contribution in [2.75, 3.05) is 6.54 Å². The molecule has 2 unspecified atom stereocenters. The fraction of sp³-hybridized carbons (Fsp3) is 0.357. The van der Waals surface area contributed by atoms with Crippen molar-refractivity contribution >= 4 is 11.7 Å². The number of aliphatic hydroxyl groups is 2. The van der Waals surface area contributed by atoms with E-state index >= 15 is 0 Å². The van der Waals surface area contributed by atoms with Gasteiger partial charge in [-0.2, -0.15) is 0 Å². The number of nitrogens with zero attached hydrogens (tertiary/aromatic N) is 2. The molecule has 106 valence electrons. The maximum atomic E-state index is 12.1. The number of pyridine rings is 1. The van der Waals surface area contributed by atoms with E-state index in [0.717, 1.165) is 0 Å². The van der Waals surface area contributed by atoms with Gasteiger partial charge in [-0.05, 0) is 25.5 Å². The number of hydrogen-bond acceptors (Lipinski definition) is 5. The van der Waals surface area contributed by atoms with Gasteiger partial charge >= 0.3 is 0 Å². The Labute approximate surface area is 116 Å². The van der Waals surface area contributed by atoms with Crippen LogP contribution in [0.25, 0.3) is 0 Å². The van der Waals surface area contributed by atoms with Crippen LogP contribution in [-0.2, 0) is 9.59 Å². The van der Waals surface area contributed by atoms with E-state index in [-0.39, 0.29) is 17.9 Å². The summed E-state index contributed by atoms with van der Waals surface area (Å²) >= 11 is 0. The molecule has 2 heterocycles. The topological polar surface area (TPSA) is 90.7 Å². The first-order valence-electron chi connectivity index (χ1n) is 6.26. The summed E-state index contributed by atoms with van der Waals surface area (Å²) in [5.74, 6) is -1.57. The molecule has 0 fully saturated rings. The Hall–Kier alpha value is -2.21. The third kappa shape index (κ3) is 2.42. The van der Waals surface area contributed by atoms with Crippen molar-refractivity contribution in [3.05, 3.63) is 41.4 Å². The molecule has 0 aliphatic carbocycles. The van der Waals surface area contributed by atoms with Gasteiger partial charge in [0.1, 0.15) is 0 Å². The second-order valence-corrected chi connectivity index (χ2v) is 4.81. The molecule has 0 aromatic carbocycles. The van der Waals surface area contributed by atoms with Crippen LogP contribution in [0, 0.1) is 0 Å². The van der Waals surface area contributed by atoms with Gasteiger partial charge in [0.15, 0.2) is 11.5 Å². The molecule has 1 aliphatic heterocycles. The lowest BCUT2D eigenvalue weighted by atomic mass is 9.98. The summed E-state index contributed by atoms with van der Waals surface area (Å²) in [6, 6.07) is 2.71. The Morgan fingerprint density at radius 3 is 2.75 bits per heavy atom. The van der Waals surface area contributed by atoms with E-state index in [4.69, 9.17) is 0 Å². The lowest BCUT2D eigenvalue weighted by Crippen LogP contribution is -2.36. The summed E-state index contributed by atoms with van der Waals surface area (Å²) in [7, 11) is 0. The summed E-state index contributed by atoms with van der Waals surface area (Å²) in [4.78, 5) is 29.1. The molecule has 1 aliphatic rings. The third-order valence-electron chi connectivity index (χ3n) is 3.14. The molecule has 0 radical (unpaired) electrons. The molecule has 2 atom stereocenters. The Kier molecular flexibility index (Phi) is 3.85. The average molecular weight is 276 g/mol. The van der Waals surface area contributed by atoms with E-state index in [1.165, 1.54) is 24.9 Å². The molecular weight excluding hydrogens is 260 g/mol. The fourth-order valence-electron chi connectivity index (χ4n) is 2.37. The minimum Gasteiger partial charge on any atom is -0.503 e. The molecule has 2 rings (SSSR count). The van der Waals surface area contributed by atoms with Gasteiger partial charge in [0.05, 0.1) is 17.7 Å². The van der Waals surface area contributed by atoms with Crippen molar-refractivity contribution in [3.63, 3.8) is 0 Å².